The molecule has 0 heterocycles. The van der Waals surface area contributed by atoms with Crippen molar-refractivity contribution in [3.63, 3.8) is 0 Å². The summed E-state index contributed by atoms with van der Waals surface area (Å²) in [5, 5.41) is 0. The van der Waals surface area contributed by atoms with E-state index in [1.165, 1.54) is 44.2 Å². The molecule has 1 aromatic rings. The maximum atomic E-state index is 12.7. The molecule has 0 aromatic heterocycles. The van der Waals surface area contributed by atoms with E-state index in [-0.39, 0.29) is 5.92 Å². The van der Waals surface area contributed by atoms with E-state index in [1.807, 2.05) is 0 Å². The summed E-state index contributed by atoms with van der Waals surface area (Å²) in [6.45, 7) is 2.19. The smallest absolute Gasteiger partial charge is 0.0936 e. The van der Waals surface area contributed by atoms with Crippen molar-refractivity contribution in [1.82, 2.24) is 0 Å². The molecule has 0 saturated heterocycles. The van der Waals surface area contributed by atoms with Crippen LogP contribution in [0.3, 0.4) is 0 Å². The monoisotopic (exact) mass is 370 g/mol. The standard InChI is InChI=1S/C18H27F5S/c1-2-3-4-5-6-15-7-9-16(10-8-15)17-11-13-18(14-12-17)24(19,20,21,22)23/h11-16H,2-10H2,1H3. The zero-order chi connectivity index (χ0) is 17.9. The molecule has 1 aromatic carbocycles. The van der Waals surface area contributed by atoms with E-state index in [9.17, 15) is 19.4 Å². The summed E-state index contributed by atoms with van der Waals surface area (Å²) in [6, 6.07) is 3.57. The molecular weight excluding hydrogens is 343 g/mol. The van der Waals surface area contributed by atoms with E-state index in [1.54, 1.807) is 0 Å². The van der Waals surface area contributed by atoms with Crippen LogP contribution in [0.2, 0.25) is 0 Å². The minimum atomic E-state index is -9.54. The third-order valence-corrected chi connectivity index (χ3v) is 6.27. The van der Waals surface area contributed by atoms with Crippen LogP contribution in [0.25, 0.3) is 0 Å². The average Bonchev–Trinajstić information content (AvgIpc) is 2.50. The van der Waals surface area contributed by atoms with E-state index in [4.69, 9.17) is 0 Å². The zero-order valence-corrected chi connectivity index (χ0v) is 14.9. The summed E-state index contributed by atoms with van der Waals surface area (Å²) in [7, 11) is -9.54. The van der Waals surface area contributed by atoms with Gasteiger partial charge in [0.15, 0.2) is 0 Å². The zero-order valence-electron chi connectivity index (χ0n) is 14.1. The second kappa shape index (κ2) is 6.50. The van der Waals surface area contributed by atoms with Crippen LogP contribution < -0.4 is 0 Å². The van der Waals surface area contributed by atoms with E-state index in [0.717, 1.165) is 31.2 Å². The second-order valence-corrected chi connectivity index (χ2v) is 9.51. The number of halogens is 5. The number of rotatable bonds is 7. The molecule has 0 bridgehead atoms. The Morgan fingerprint density at radius 1 is 0.833 bits per heavy atom. The van der Waals surface area contributed by atoms with Gasteiger partial charge >= 0.3 is 10.2 Å². The van der Waals surface area contributed by atoms with Gasteiger partial charge in [0.2, 0.25) is 0 Å². The fourth-order valence-electron chi connectivity index (χ4n) is 3.64. The molecule has 0 amide bonds. The van der Waals surface area contributed by atoms with Crippen molar-refractivity contribution in [2.75, 3.05) is 0 Å². The summed E-state index contributed by atoms with van der Waals surface area (Å²) in [5.41, 5.74) is 0.755. The van der Waals surface area contributed by atoms with Gasteiger partial charge in [-0.3, -0.25) is 0 Å². The van der Waals surface area contributed by atoms with Crippen LogP contribution in [0.5, 0.6) is 0 Å². The molecule has 2 rings (SSSR count). The third-order valence-electron chi connectivity index (χ3n) is 5.11. The number of benzene rings is 1. The molecule has 1 aliphatic carbocycles. The van der Waals surface area contributed by atoms with E-state index in [2.05, 4.69) is 6.92 Å². The van der Waals surface area contributed by atoms with Gasteiger partial charge < -0.3 is 0 Å². The molecule has 1 aliphatic rings. The van der Waals surface area contributed by atoms with E-state index in [0.29, 0.717) is 18.1 Å². The summed E-state index contributed by atoms with van der Waals surface area (Å²) in [5.74, 6) is 0.909. The quantitative estimate of drug-likeness (QED) is 0.333. The van der Waals surface area contributed by atoms with Gasteiger partial charge in [0.05, 0.1) is 0 Å². The fraction of sp³-hybridized carbons (Fsp3) is 0.667. The van der Waals surface area contributed by atoms with Crippen molar-refractivity contribution in [3.05, 3.63) is 29.8 Å². The Balaban J connectivity index is 1.89. The molecule has 0 atom stereocenters. The molecule has 1 fully saturated rings. The molecular formula is C18H27F5S. The molecule has 0 unspecified atom stereocenters. The van der Waals surface area contributed by atoms with Crippen LogP contribution >= 0.6 is 10.2 Å². The van der Waals surface area contributed by atoms with Gasteiger partial charge in [0, 0.05) is 0 Å². The molecule has 140 valence electrons. The largest absolute Gasteiger partial charge is 0.310 e. The highest BCUT2D eigenvalue weighted by atomic mass is 32.5. The van der Waals surface area contributed by atoms with Gasteiger partial charge in [-0.15, -0.1) is 0 Å². The number of unbranched alkanes of at least 4 members (excludes halogenated alkanes) is 3. The van der Waals surface area contributed by atoms with E-state index >= 15 is 0 Å². The lowest BCUT2D eigenvalue weighted by Crippen LogP contribution is -2.13. The highest BCUT2D eigenvalue weighted by Crippen LogP contribution is 3.02. The van der Waals surface area contributed by atoms with Crippen molar-refractivity contribution in [2.24, 2.45) is 5.92 Å². The average molecular weight is 370 g/mol. The van der Waals surface area contributed by atoms with Crippen LogP contribution in [0.15, 0.2) is 29.2 Å². The number of hydrogen-bond donors (Lipinski definition) is 0. The van der Waals surface area contributed by atoms with Crippen molar-refractivity contribution in [1.29, 1.82) is 0 Å². The SMILES string of the molecule is CCCCCCC1CCC(c2ccc(S(F)(F)(F)(F)F)cc2)CC1. The lowest BCUT2D eigenvalue weighted by molar-refractivity contribution is 0.302. The maximum absolute atomic E-state index is 12.7. The number of hydrogen-bond acceptors (Lipinski definition) is 0. The van der Waals surface area contributed by atoms with Crippen molar-refractivity contribution < 1.29 is 19.4 Å². The summed E-state index contributed by atoms with van der Waals surface area (Å²) in [4.78, 5) is -1.79. The first kappa shape index (κ1) is 19.5. The topological polar surface area (TPSA) is 0 Å². The first-order chi connectivity index (χ1) is 11.0. The molecule has 0 spiro atoms. The molecule has 24 heavy (non-hydrogen) atoms. The van der Waals surface area contributed by atoms with Gasteiger partial charge in [0.25, 0.3) is 0 Å². The maximum Gasteiger partial charge on any atom is 0.310 e. The van der Waals surface area contributed by atoms with Gasteiger partial charge in [-0.1, -0.05) is 70.6 Å². The lowest BCUT2D eigenvalue weighted by Gasteiger charge is -2.40. The predicted octanol–water partition coefficient (Wildman–Crippen LogP) is 8.59. The Kier molecular flexibility index (Phi) is 5.30. The van der Waals surface area contributed by atoms with E-state index < -0.39 is 15.1 Å². The fourth-order valence-corrected chi connectivity index (χ4v) is 4.29. The van der Waals surface area contributed by atoms with Gasteiger partial charge in [-0.05, 0) is 55.2 Å². The van der Waals surface area contributed by atoms with Crippen molar-refractivity contribution >= 4 is 10.2 Å². The highest BCUT2D eigenvalue weighted by Gasteiger charge is 2.65. The van der Waals surface area contributed by atoms with Gasteiger partial charge in [-0.25, -0.2) is 0 Å². The molecule has 1 saturated carbocycles. The highest BCUT2D eigenvalue weighted by molar-refractivity contribution is 8.45. The van der Waals surface area contributed by atoms with Gasteiger partial charge in [0.1, 0.15) is 4.90 Å². The Labute approximate surface area is 141 Å². The molecule has 0 radical (unpaired) electrons. The normalized spacial score (nSPS) is 25.1. The summed E-state index contributed by atoms with van der Waals surface area (Å²) >= 11 is 0. The Morgan fingerprint density at radius 2 is 1.42 bits per heavy atom. The Bertz CT molecular complexity index is 526. The van der Waals surface area contributed by atoms with Crippen molar-refractivity contribution in [3.8, 4) is 0 Å². The van der Waals surface area contributed by atoms with Crippen LogP contribution in [-0.2, 0) is 0 Å². The van der Waals surface area contributed by atoms with Crippen LogP contribution in [0.4, 0.5) is 19.4 Å². The second-order valence-electron chi connectivity index (χ2n) is 7.10. The summed E-state index contributed by atoms with van der Waals surface area (Å²) in [6.07, 6.45) is 10.3. The molecule has 0 aliphatic heterocycles. The first-order valence-electron chi connectivity index (χ1n) is 8.83. The first-order valence-corrected chi connectivity index (χ1v) is 10.8. The minimum absolute atomic E-state index is 0.199. The molecule has 6 heteroatoms. The van der Waals surface area contributed by atoms with Crippen LogP contribution in [0.1, 0.15) is 76.2 Å². The van der Waals surface area contributed by atoms with Crippen LogP contribution in [-0.4, -0.2) is 0 Å². The minimum Gasteiger partial charge on any atom is -0.0936 e. The lowest BCUT2D eigenvalue weighted by atomic mass is 9.77. The third kappa shape index (κ3) is 5.64. The Morgan fingerprint density at radius 3 is 1.92 bits per heavy atom. The Hall–Kier alpha value is -0.780. The predicted molar refractivity (Wildman–Crippen MR) is 91.3 cm³/mol. The van der Waals surface area contributed by atoms with Crippen LogP contribution in [0, 0.1) is 5.92 Å². The molecule has 0 N–H and O–H groups in total. The van der Waals surface area contributed by atoms with Crippen molar-refractivity contribution in [2.45, 2.75) is 75.5 Å². The van der Waals surface area contributed by atoms with Gasteiger partial charge in [-0.2, -0.15) is 0 Å². The molecule has 0 nitrogen and oxygen atoms in total. The summed E-state index contributed by atoms with van der Waals surface area (Å²) < 4.78 is 63.7.